The Morgan fingerprint density at radius 2 is 1.05 bits per heavy atom. The molecule has 0 amide bonds. The maximum atomic E-state index is 10.1. The molecule has 0 atom stereocenters. The zero-order valence-electron chi connectivity index (χ0n) is 15.5. The molecule has 126 valence electrons. The number of ether oxygens (including phenoxy) is 1. The van der Waals surface area contributed by atoms with Crippen LogP contribution in [-0.4, -0.2) is 34.9 Å². The summed E-state index contributed by atoms with van der Waals surface area (Å²) in [6, 6.07) is 0. The lowest BCUT2D eigenvalue weighted by molar-refractivity contribution is 0.215. The van der Waals surface area contributed by atoms with Gasteiger partial charge < -0.3 is 4.74 Å². The maximum Gasteiger partial charge on any atom is 0.208 e. The quantitative estimate of drug-likeness (QED) is 0.845. The monoisotopic (exact) mass is 303 g/mol. The summed E-state index contributed by atoms with van der Waals surface area (Å²) in [5.41, 5.74) is 0. The lowest BCUT2D eigenvalue weighted by Crippen LogP contribution is -2.20. The van der Waals surface area contributed by atoms with E-state index in [4.69, 9.17) is 0 Å². The fraction of sp³-hybridized carbons (Fsp3) is 1.00. The molecule has 0 fully saturated rings. The fourth-order valence-corrected chi connectivity index (χ4v) is 0.787. The van der Waals surface area contributed by atoms with Gasteiger partial charge in [-0.3, -0.25) is 0 Å². The van der Waals surface area contributed by atoms with Crippen molar-refractivity contribution in [1.82, 2.24) is 4.72 Å². The van der Waals surface area contributed by atoms with Crippen molar-refractivity contribution < 1.29 is 13.2 Å². The summed E-state index contributed by atoms with van der Waals surface area (Å²) < 4.78 is 27.0. The molecule has 0 aromatic heterocycles. The van der Waals surface area contributed by atoms with E-state index in [0.29, 0.717) is 6.54 Å². The molecule has 0 saturated carbocycles. The second kappa shape index (κ2) is 52.2. The minimum atomic E-state index is -2.92. The third-order valence-electron chi connectivity index (χ3n) is 0.695. The predicted molar refractivity (Wildman–Crippen MR) is 91.5 cm³/mol. The Morgan fingerprint density at radius 1 is 0.842 bits per heavy atom. The van der Waals surface area contributed by atoms with E-state index in [1.807, 2.05) is 62.3 Å². The molecule has 0 aromatic rings. The van der Waals surface area contributed by atoms with Gasteiger partial charge in [-0.25, -0.2) is 13.1 Å². The van der Waals surface area contributed by atoms with Gasteiger partial charge in [-0.15, -0.1) is 0 Å². The van der Waals surface area contributed by atoms with E-state index >= 15 is 0 Å². The number of methoxy groups -OCH3 is 1. The van der Waals surface area contributed by atoms with Gasteiger partial charge in [0, 0.05) is 20.3 Å². The fourth-order valence-electron chi connectivity index (χ4n) is 0.262. The van der Waals surface area contributed by atoms with Crippen molar-refractivity contribution in [1.29, 1.82) is 0 Å². The first-order valence-electron chi connectivity index (χ1n) is 7.41. The van der Waals surface area contributed by atoms with E-state index in [2.05, 4.69) is 9.46 Å². The molecule has 0 aliphatic rings. The van der Waals surface area contributed by atoms with Gasteiger partial charge in [-0.05, 0) is 6.92 Å². The SMILES string of the molecule is CC.CC.CC.CC.CCNS(C)(=O)=O.CCOC. The van der Waals surface area contributed by atoms with Crippen molar-refractivity contribution in [2.45, 2.75) is 69.2 Å². The summed E-state index contributed by atoms with van der Waals surface area (Å²) >= 11 is 0. The van der Waals surface area contributed by atoms with Crippen LogP contribution in [0.3, 0.4) is 0 Å². The van der Waals surface area contributed by atoms with Gasteiger partial charge >= 0.3 is 0 Å². The molecule has 0 unspecified atom stereocenters. The van der Waals surface area contributed by atoms with Crippen LogP contribution in [-0.2, 0) is 14.8 Å². The van der Waals surface area contributed by atoms with Gasteiger partial charge in [-0.1, -0.05) is 62.3 Å². The number of hydrogen-bond acceptors (Lipinski definition) is 3. The summed E-state index contributed by atoms with van der Waals surface area (Å²) in [7, 11) is -1.24. The zero-order valence-corrected chi connectivity index (χ0v) is 16.4. The van der Waals surface area contributed by atoms with Gasteiger partial charge in [0.05, 0.1) is 6.26 Å². The molecule has 0 saturated heterocycles. The van der Waals surface area contributed by atoms with Crippen LogP contribution >= 0.6 is 0 Å². The van der Waals surface area contributed by atoms with Crippen molar-refractivity contribution in [2.75, 3.05) is 26.5 Å². The molecule has 5 heteroatoms. The zero-order chi connectivity index (χ0) is 17.3. The van der Waals surface area contributed by atoms with Crippen molar-refractivity contribution >= 4 is 10.0 Å². The van der Waals surface area contributed by atoms with Crippen molar-refractivity contribution in [3.05, 3.63) is 0 Å². The molecular weight excluding hydrogens is 262 g/mol. The van der Waals surface area contributed by atoms with Gasteiger partial charge in [-0.2, -0.15) is 0 Å². The first-order valence-corrected chi connectivity index (χ1v) is 9.30. The molecule has 0 radical (unpaired) electrons. The van der Waals surface area contributed by atoms with Crippen molar-refractivity contribution in [3.63, 3.8) is 0 Å². The summed E-state index contributed by atoms with van der Waals surface area (Å²) in [5.74, 6) is 0. The van der Waals surface area contributed by atoms with Crippen molar-refractivity contribution in [2.24, 2.45) is 0 Å². The minimum Gasteiger partial charge on any atom is -0.385 e. The highest BCUT2D eigenvalue weighted by Gasteiger charge is 1.92. The average Bonchev–Trinajstić information content (AvgIpc) is 2.46. The lowest BCUT2D eigenvalue weighted by atomic mass is 10.8. The van der Waals surface area contributed by atoms with Gasteiger partial charge in [0.2, 0.25) is 10.0 Å². The Kier molecular flexibility index (Phi) is 100.0. The Morgan fingerprint density at radius 3 is 1.05 bits per heavy atom. The Bertz CT molecular complexity index is 156. The Balaban J connectivity index is -0.0000000304. The van der Waals surface area contributed by atoms with Crippen LogP contribution < -0.4 is 4.72 Å². The van der Waals surface area contributed by atoms with Gasteiger partial charge in [0.25, 0.3) is 0 Å². The summed E-state index contributed by atoms with van der Waals surface area (Å²) in [6.45, 7) is 21.0. The molecule has 0 aliphatic carbocycles. The topological polar surface area (TPSA) is 55.4 Å². The molecular formula is C14H41NO3S. The molecule has 1 N–H and O–H groups in total. The average molecular weight is 304 g/mol. The highest BCUT2D eigenvalue weighted by atomic mass is 32.2. The molecule has 0 rings (SSSR count). The van der Waals surface area contributed by atoms with Crippen LogP contribution in [0.5, 0.6) is 0 Å². The minimum absolute atomic E-state index is 0.471. The first-order chi connectivity index (χ1) is 8.97. The van der Waals surface area contributed by atoms with E-state index in [9.17, 15) is 8.42 Å². The van der Waals surface area contributed by atoms with E-state index in [0.717, 1.165) is 12.9 Å². The number of hydrogen-bond donors (Lipinski definition) is 1. The molecule has 4 nitrogen and oxygen atoms in total. The van der Waals surface area contributed by atoms with E-state index in [1.165, 1.54) is 0 Å². The number of rotatable bonds is 3. The van der Waals surface area contributed by atoms with Crippen LogP contribution in [0.2, 0.25) is 0 Å². The first kappa shape index (κ1) is 36.4. The standard InChI is InChI=1S/C3H9NO2S.C3H8O.4C2H6/c1-3-4-7(2,5)6;1-3-4-2;4*1-2/h4H,3H2,1-2H3;3H2,1-2H3;4*1-2H3. The number of sulfonamides is 1. The van der Waals surface area contributed by atoms with Crippen LogP contribution in [0.4, 0.5) is 0 Å². The number of nitrogens with one attached hydrogen (secondary N) is 1. The van der Waals surface area contributed by atoms with Gasteiger partial charge in [0.15, 0.2) is 0 Å². The largest absolute Gasteiger partial charge is 0.385 e. The Hall–Kier alpha value is -0.130. The van der Waals surface area contributed by atoms with E-state index in [-0.39, 0.29) is 0 Å². The molecule has 0 aliphatic heterocycles. The lowest BCUT2D eigenvalue weighted by Gasteiger charge is -1.91. The van der Waals surface area contributed by atoms with Crippen molar-refractivity contribution in [3.8, 4) is 0 Å². The van der Waals surface area contributed by atoms with Crippen LogP contribution in [0.1, 0.15) is 69.2 Å². The summed E-state index contributed by atoms with van der Waals surface area (Å²) in [6.07, 6.45) is 1.14. The molecule has 0 aromatic carbocycles. The predicted octanol–water partition coefficient (Wildman–Crippen LogP) is 4.31. The second-order valence-corrected chi connectivity index (χ2v) is 3.68. The smallest absolute Gasteiger partial charge is 0.208 e. The van der Waals surface area contributed by atoms with E-state index < -0.39 is 10.0 Å². The second-order valence-electron chi connectivity index (χ2n) is 1.85. The maximum absolute atomic E-state index is 10.1. The van der Waals surface area contributed by atoms with Crippen LogP contribution in [0.25, 0.3) is 0 Å². The third-order valence-corrected chi connectivity index (χ3v) is 1.51. The third kappa shape index (κ3) is 190. The van der Waals surface area contributed by atoms with Crippen LogP contribution in [0.15, 0.2) is 0 Å². The Labute approximate surface area is 124 Å². The highest BCUT2D eigenvalue weighted by molar-refractivity contribution is 7.88. The van der Waals surface area contributed by atoms with E-state index in [1.54, 1.807) is 14.0 Å². The highest BCUT2D eigenvalue weighted by Crippen LogP contribution is 1.67. The summed E-state index contributed by atoms with van der Waals surface area (Å²) in [5, 5.41) is 0. The molecule has 19 heavy (non-hydrogen) atoms. The van der Waals surface area contributed by atoms with Gasteiger partial charge in [0.1, 0.15) is 0 Å². The van der Waals surface area contributed by atoms with Crippen LogP contribution in [0, 0.1) is 0 Å². The normalized spacial score (nSPS) is 7.16. The molecule has 0 spiro atoms. The molecule has 0 heterocycles. The summed E-state index contributed by atoms with van der Waals surface area (Å²) in [4.78, 5) is 0. The molecule has 0 bridgehead atoms.